The highest BCUT2D eigenvalue weighted by molar-refractivity contribution is 6.20. The molecule has 16 heavy (non-hydrogen) atoms. The van der Waals surface area contributed by atoms with Crippen molar-refractivity contribution in [1.82, 2.24) is 15.0 Å². The van der Waals surface area contributed by atoms with Gasteiger partial charge in [0.05, 0.1) is 5.38 Å². The molecule has 1 unspecified atom stereocenters. The highest BCUT2D eigenvalue weighted by Gasteiger charge is 2.13. The van der Waals surface area contributed by atoms with Crippen molar-refractivity contribution in [2.75, 3.05) is 0 Å². The van der Waals surface area contributed by atoms with Crippen molar-refractivity contribution in [2.24, 2.45) is 0 Å². The first-order valence-corrected chi connectivity index (χ1v) is 5.52. The molecule has 2 rings (SSSR count). The van der Waals surface area contributed by atoms with Crippen molar-refractivity contribution in [2.45, 2.75) is 18.7 Å². The van der Waals surface area contributed by atoms with Gasteiger partial charge in [-0.05, 0) is 24.6 Å². The van der Waals surface area contributed by atoms with E-state index in [0.717, 1.165) is 11.3 Å². The average molecular weight is 234 g/mol. The number of hydrogen-bond acceptors (Lipinski definition) is 3. The molecule has 3 nitrogen and oxygen atoms in total. The maximum absolute atomic E-state index is 6.25. The van der Waals surface area contributed by atoms with Gasteiger partial charge in [-0.2, -0.15) is 0 Å². The lowest BCUT2D eigenvalue weighted by atomic mass is 10.1. The Labute approximate surface area is 99.5 Å². The fourth-order valence-corrected chi connectivity index (χ4v) is 1.72. The predicted molar refractivity (Wildman–Crippen MR) is 63.3 cm³/mol. The maximum Gasteiger partial charge on any atom is 0.146 e. The molecule has 0 spiro atoms. The van der Waals surface area contributed by atoms with Crippen molar-refractivity contribution in [3.63, 3.8) is 0 Å². The maximum atomic E-state index is 6.25. The van der Waals surface area contributed by atoms with E-state index in [2.05, 4.69) is 15.0 Å². The molecule has 4 heteroatoms. The summed E-state index contributed by atoms with van der Waals surface area (Å²) in [4.78, 5) is 12.6. The van der Waals surface area contributed by atoms with Gasteiger partial charge in [-0.1, -0.05) is 6.07 Å². The molecular formula is C12H12ClN3. The van der Waals surface area contributed by atoms with Crippen LogP contribution in [-0.4, -0.2) is 15.0 Å². The van der Waals surface area contributed by atoms with Gasteiger partial charge in [0.15, 0.2) is 0 Å². The van der Waals surface area contributed by atoms with E-state index in [9.17, 15) is 0 Å². The summed E-state index contributed by atoms with van der Waals surface area (Å²) < 4.78 is 0. The third kappa shape index (κ3) is 2.55. The van der Waals surface area contributed by atoms with E-state index in [-0.39, 0.29) is 5.38 Å². The van der Waals surface area contributed by atoms with Crippen LogP contribution in [0.4, 0.5) is 0 Å². The van der Waals surface area contributed by atoms with E-state index in [1.165, 1.54) is 0 Å². The van der Waals surface area contributed by atoms with Crippen LogP contribution in [0.15, 0.2) is 36.8 Å². The SMILES string of the molecule is Cc1cccnc1CC(Cl)c1ncccn1. The molecule has 2 heterocycles. The number of aromatic nitrogens is 3. The van der Waals surface area contributed by atoms with E-state index in [0.29, 0.717) is 12.2 Å². The van der Waals surface area contributed by atoms with E-state index < -0.39 is 0 Å². The molecular weight excluding hydrogens is 222 g/mol. The molecule has 0 aromatic carbocycles. The van der Waals surface area contributed by atoms with Gasteiger partial charge in [0.1, 0.15) is 5.82 Å². The number of hydrogen-bond donors (Lipinski definition) is 0. The summed E-state index contributed by atoms with van der Waals surface area (Å²) in [7, 11) is 0. The number of nitrogens with zero attached hydrogens (tertiary/aromatic N) is 3. The van der Waals surface area contributed by atoms with Crippen molar-refractivity contribution in [1.29, 1.82) is 0 Å². The second-order valence-electron chi connectivity index (χ2n) is 3.55. The number of alkyl halides is 1. The fraction of sp³-hybridized carbons (Fsp3) is 0.250. The van der Waals surface area contributed by atoms with Crippen LogP contribution in [-0.2, 0) is 6.42 Å². The van der Waals surface area contributed by atoms with Crippen LogP contribution in [0, 0.1) is 6.92 Å². The molecule has 0 amide bonds. The molecule has 0 radical (unpaired) electrons. The summed E-state index contributed by atoms with van der Waals surface area (Å²) in [6.07, 6.45) is 5.82. The van der Waals surface area contributed by atoms with Crippen molar-refractivity contribution >= 4 is 11.6 Å². The molecule has 82 valence electrons. The standard InChI is InChI=1S/C12H12ClN3/c1-9-4-2-5-14-11(9)8-10(13)12-15-6-3-7-16-12/h2-7,10H,8H2,1H3. The molecule has 0 aliphatic carbocycles. The third-order valence-corrected chi connectivity index (χ3v) is 2.71. The zero-order valence-electron chi connectivity index (χ0n) is 8.97. The molecule has 0 fully saturated rings. The minimum absolute atomic E-state index is 0.227. The molecule has 0 saturated heterocycles. The number of pyridine rings is 1. The monoisotopic (exact) mass is 233 g/mol. The van der Waals surface area contributed by atoms with Gasteiger partial charge in [-0.3, -0.25) is 4.98 Å². The van der Waals surface area contributed by atoms with Gasteiger partial charge >= 0.3 is 0 Å². The van der Waals surface area contributed by atoms with Crippen molar-refractivity contribution in [3.8, 4) is 0 Å². The van der Waals surface area contributed by atoms with E-state index in [4.69, 9.17) is 11.6 Å². The minimum atomic E-state index is -0.227. The second-order valence-corrected chi connectivity index (χ2v) is 4.07. The lowest BCUT2D eigenvalue weighted by Gasteiger charge is -2.08. The molecule has 0 aliphatic rings. The van der Waals surface area contributed by atoms with Crippen LogP contribution in [0.5, 0.6) is 0 Å². The van der Waals surface area contributed by atoms with Crippen LogP contribution < -0.4 is 0 Å². The van der Waals surface area contributed by atoms with E-state index >= 15 is 0 Å². The Bertz CT molecular complexity index is 459. The average Bonchev–Trinajstić information content (AvgIpc) is 2.33. The van der Waals surface area contributed by atoms with Crippen LogP contribution in [0.25, 0.3) is 0 Å². The molecule has 2 aromatic rings. The Balaban J connectivity index is 2.14. The zero-order valence-corrected chi connectivity index (χ0v) is 9.72. The predicted octanol–water partition coefficient (Wildman–Crippen LogP) is 2.70. The van der Waals surface area contributed by atoms with Gasteiger partial charge < -0.3 is 0 Å². The van der Waals surface area contributed by atoms with Crippen molar-refractivity contribution in [3.05, 3.63) is 53.9 Å². The Hall–Kier alpha value is -1.48. The first kappa shape index (κ1) is 11.0. The molecule has 0 N–H and O–H groups in total. The largest absolute Gasteiger partial charge is 0.261 e. The van der Waals surface area contributed by atoms with Crippen molar-refractivity contribution < 1.29 is 0 Å². The number of rotatable bonds is 3. The third-order valence-electron chi connectivity index (χ3n) is 2.36. The van der Waals surface area contributed by atoms with Gasteiger partial charge in [-0.25, -0.2) is 9.97 Å². The van der Waals surface area contributed by atoms with Crippen LogP contribution in [0.2, 0.25) is 0 Å². The van der Waals surface area contributed by atoms with Gasteiger partial charge in [0.25, 0.3) is 0 Å². The number of halogens is 1. The molecule has 0 aliphatic heterocycles. The lowest BCUT2D eigenvalue weighted by molar-refractivity contribution is 0.800. The first-order chi connectivity index (χ1) is 7.77. The summed E-state index contributed by atoms with van der Waals surface area (Å²) in [5.74, 6) is 0.647. The lowest BCUT2D eigenvalue weighted by Crippen LogP contribution is -2.03. The van der Waals surface area contributed by atoms with Gasteiger partial charge in [-0.15, -0.1) is 11.6 Å². The summed E-state index contributed by atoms with van der Waals surface area (Å²) in [6, 6.07) is 5.72. The minimum Gasteiger partial charge on any atom is -0.261 e. The van der Waals surface area contributed by atoms with Gasteiger partial charge in [0, 0.05) is 30.7 Å². The van der Waals surface area contributed by atoms with Crippen LogP contribution in [0.1, 0.15) is 22.5 Å². The Morgan fingerprint density at radius 3 is 2.50 bits per heavy atom. The highest BCUT2D eigenvalue weighted by atomic mass is 35.5. The normalized spacial score (nSPS) is 12.4. The quantitative estimate of drug-likeness (QED) is 0.766. The summed E-state index contributed by atoms with van der Waals surface area (Å²) in [6.45, 7) is 2.03. The Morgan fingerprint density at radius 2 is 1.81 bits per heavy atom. The molecule has 1 atom stereocenters. The zero-order chi connectivity index (χ0) is 11.4. The fourth-order valence-electron chi connectivity index (χ4n) is 1.47. The highest BCUT2D eigenvalue weighted by Crippen LogP contribution is 2.21. The number of aryl methyl sites for hydroxylation is 1. The summed E-state index contributed by atoms with van der Waals surface area (Å²) in [5, 5.41) is -0.227. The summed E-state index contributed by atoms with van der Waals surface area (Å²) in [5.41, 5.74) is 2.14. The molecule has 2 aromatic heterocycles. The van der Waals surface area contributed by atoms with Gasteiger partial charge in [0.2, 0.25) is 0 Å². The van der Waals surface area contributed by atoms with Crippen LogP contribution in [0.3, 0.4) is 0 Å². The molecule has 0 saturated carbocycles. The smallest absolute Gasteiger partial charge is 0.146 e. The second kappa shape index (κ2) is 5.03. The van der Waals surface area contributed by atoms with Crippen LogP contribution >= 0.6 is 11.6 Å². The Morgan fingerprint density at radius 1 is 1.12 bits per heavy atom. The topological polar surface area (TPSA) is 38.7 Å². The van der Waals surface area contributed by atoms with E-state index in [1.54, 1.807) is 24.7 Å². The molecule has 0 bridgehead atoms. The Kier molecular flexibility index (Phi) is 3.47. The van der Waals surface area contributed by atoms with E-state index in [1.807, 2.05) is 19.1 Å². The first-order valence-electron chi connectivity index (χ1n) is 5.09. The summed E-state index contributed by atoms with van der Waals surface area (Å²) >= 11 is 6.25.